The summed E-state index contributed by atoms with van der Waals surface area (Å²) >= 11 is 0. The largest absolute Gasteiger partial charge is 0.481 e. The lowest BCUT2D eigenvalue weighted by atomic mass is 10.0. The minimum Gasteiger partial charge on any atom is -0.481 e. The van der Waals surface area contributed by atoms with Crippen molar-refractivity contribution in [1.82, 2.24) is 21.3 Å². The van der Waals surface area contributed by atoms with Crippen LogP contribution in [0, 0.1) is 5.92 Å². The molecule has 1 saturated heterocycles. The Hall–Kier alpha value is -2.16. The summed E-state index contributed by atoms with van der Waals surface area (Å²) in [5.41, 5.74) is 0. The highest BCUT2D eigenvalue weighted by Crippen LogP contribution is 2.10. The third kappa shape index (κ3) is 7.38. The van der Waals surface area contributed by atoms with Crippen LogP contribution in [-0.2, 0) is 19.2 Å². The Morgan fingerprint density at radius 3 is 2.31 bits per heavy atom. The average molecular weight is 370 g/mol. The molecule has 0 saturated carbocycles. The first-order valence-electron chi connectivity index (χ1n) is 9.02. The number of likely N-dealkylation sites (N-methyl/N-ethyl adjacent to an activating group) is 1. The molecular weight excluding hydrogens is 340 g/mol. The van der Waals surface area contributed by atoms with E-state index in [2.05, 4.69) is 21.3 Å². The number of hydrogen-bond donors (Lipinski definition) is 5. The highest BCUT2D eigenvalue weighted by molar-refractivity contribution is 5.93. The van der Waals surface area contributed by atoms with Crippen LogP contribution in [0.25, 0.3) is 0 Å². The molecule has 0 aromatic heterocycles. The SMILES string of the molecule is CNC(=O)[C@H](CCC(=O)O)NC(=O)[C@H](CC(C)C)NC(=O)[C@@H]1CCCN1. The van der Waals surface area contributed by atoms with Gasteiger partial charge < -0.3 is 26.4 Å². The maximum atomic E-state index is 12.6. The smallest absolute Gasteiger partial charge is 0.303 e. The maximum absolute atomic E-state index is 12.6. The van der Waals surface area contributed by atoms with Gasteiger partial charge in [0, 0.05) is 13.5 Å². The van der Waals surface area contributed by atoms with Crippen LogP contribution in [-0.4, -0.2) is 60.5 Å². The van der Waals surface area contributed by atoms with Crippen LogP contribution in [0.3, 0.4) is 0 Å². The number of nitrogens with one attached hydrogen (secondary N) is 4. The Kier molecular flexibility index (Phi) is 9.04. The highest BCUT2D eigenvalue weighted by Gasteiger charge is 2.30. The fraction of sp³-hybridized carbons (Fsp3) is 0.765. The van der Waals surface area contributed by atoms with Gasteiger partial charge in [0.05, 0.1) is 6.04 Å². The molecule has 1 heterocycles. The number of carbonyl (C=O) groups excluding carboxylic acids is 3. The number of rotatable bonds is 10. The minimum atomic E-state index is -1.05. The van der Waals surface area contributed by atoms with Gasteiger partial charge in [-0.05, 0) is 38.1 Å². The van der Waals surface area contributed by atoms with E-state index in [1.165, 1.54) is 7.05 Å². The molecule has 26 heavy (non-hydrogen) atoms. The van der Waals surface area contributed by atoms with Gasteiger partial charge in [-0.15, -0.1) is 0 Å². The van der Waals surface area contributed by atoms with Gasteiger partial charge >= 0.3 is 5.97 Å². The summed E-state index contributed by atoms with van der Waals surface area (Å²) in [6.07, 6.45) is 1.79. The monoisotopic (exact) mass is 370 g/mol. The van der Waals surface area contributed by atoms with Gasteiger partial charge in [0.1, 0.15) is 12.1 Å². The van der Waals surface area contributed by atoms with Crippen molar-refractivity contribution in [3.05, 3.63) is 0 Å². The zero-order chi connectivity index (χ0) is 19.7. The van der Waals surface area contributed by atoms with E-state index in [1.807, 2.05) is 13.8 Å². The molecule has 148 valence electrons. The van der Waals surface area contributed by atoms with E-state index in [0.29, 0.717) is 6.42 Å². The van der Waals surface area contributed by atoms with Crippen LogP contribution in [0.2, 0.25) is 0 Å². The van der Waals surface area contributed by atoms with Crippen LogP contribution < -0.4 is 21.3 Å². The van der Waals surface area contributed by atoms with E-state index in [9.17, 15) is 19.2 Å². The lowest BCUT2D eigenvalue weighted by Crippen LogP contribution is -2.55. The Labute approximate surface area is 153 Å². The Morgan fingerprint density at radius 1 is 1.12 bits per heavy atom. The van der Waals surface area contributed by atoms with Crippen LogP contribution in [0.5, 0.6) is 0 Å². The van der Waals surface area contributed by atoms with Gasteiger partial charge in [0.25, 0.3) is 0 Å². The summed E-state index contributed by atoms with van der Waals surface area (Å²) in [4.78, 5) is 47.6. The maximum Gasteiger partial charge on any atom is 0.303 e. The van der Waals surface area contributed by atoms with Gasteiger partial charge in [-0.25, -0.2) is 0 Å². The number of aliphatic carboxylic acids is 1. The van der Waals surface area contributed by atoms with Gasteiger partial charge in [-0.1, -0.05) is 13.8 Å². The summed E-state index contributed by atoms with van der Waals surface area (Å²) in [5, 5.41) is 19.6. The predicted octanol–water partition coefficient (Wildman–Crippen LogP) is -0.635. The van der Waals surface area contributed by atoms with Gasteiger partial charge in [-0.2, -0.15) is 0 Å². The first-order valence-corrected chi connectivity index (χ1v) is 9.02. The average Bonchev–Trinajstić information content (AvgIpc) is 3.11. The molecule has 9 nitrogen and oxygen atoms in total. The Bertz CT molecular complexity index is 517. The molecule has 0 radical (unpaired) electrons. The molecule has 0 bridgehead atoms. The van der Waals surface area contributed by atoms with E-state index < -0.39 is 29.9 Å². The van der Waals surface area contributed by atoms with E-state index in [-0.39, 0.29) is 30.7 Å². The molecular formula is C17H30N4O5. The van der Waals surface area contributed by atoms with Crippen molar-refractivity contribution in [2.75, 3.05) is 13.6 Å². The molecule has 0 aromatic carbocycles. The second-order valence-corrected chi connectivity index (χ2v) is 6.95. The van der Waals surface area contributed by atoms with E-state index in [1.54, 1.807) is 0 Å². The van der Waals surface area contributed by atoms with Gasteiger partial charge in [-0.3, -0.25) is 19.2 Å². The molecule has 1 fully saturated rings. The third-order valence-corrected chi connectivity index (χ3v) is 4.24. The molecule has 0 aromatic rings. The Morgan fingerprint density at radius 2 is 1.81 bits per heavy atom. The Balaban J connectivity index is 2.75. The van der Waals surface area contributed by atoms with Crippen LogP contribution in [0.4, 0.5) is 0 Å². The molecule has 1 aliphatic heterocycles. The topological polar surface area (TPSA) is 137 Å². The second kappa shape index (κ2) is 10.7. The fourth-order valence-corrected chi connectivity index (χ4v) is 2.87. The lowest BCUT2D eigenvalue weighted by molar-refractivity contribution is -0.138. The van der Waals surface area contributed by atoms with Crippen molar-refractivity contribution in [2.24, 2.45) is 5.92 Å². The third-order valence-electron chi connectivity index (χ3n) is 4.24. The van der Waals surface area contributed by atoms with E-state index in [0.717, 1.165) is 19.4 Å². The number of carbonyl (C=O) groups is 4. The first kappa shape index (κ1) is 21.9. The standard InChI is InChI=1S/C17H30N4O5/c1-10(2)9-13(21-16(25)11-5-4-8-19-11)17(26)20-12(15(24)18-3)6-7-14(22)23/h10-13,19H,4-9H2,1-3H3,(H,18,24)(H,20,26)(H,21,25)(H,22,23)/t11-,12-,13-/m0/s1. The highest BCUT2D eigenvalue weighted by atomic mass is 16.4. The lowest BCUT2D eigenvalue weighted by Gasteiger charge is -2.24. The van der Waals surface area contributed by atoms with Crippen molar-refractivity contribution >= 4 is 23.7 Å². The zero-order valence-corrected chi connectivity index (χ0v) is 15.6. The predicted molar refractivity (Wildman–Crippen MR) is 95.3 cm³/mol. The van der Waals surface area contributed by atoms with Crippen LogP contribution >= 0.6 is 0 Å². The zero-order valence-electron chi connectivity index (χ0n) is 15.6. The van der Waals surface area contributed by atoms with Crippen molar-refractivity contribution < 1.29 is 24.3 Å². The molecule has 3 atom stereocenters. The van der Waals surface area contributed by atoms with Crippen molar-refractivity contribution in [2.45, 2.75) is 64.1 Å². The van der Waals surface area contributed by atoms with Crippen molar-refractivity contribution in [3.8, 4) is 0 Å². The molecule has 1 aliphatic rings. The van der Waals surface area contributed by atoms with Crippen molar-refractivity contribution in [1.29, 1.82) is 0 Å². The molecule has 9 heteroatoms. The number of amides is 3. The summed E-state index contributed by atoms with van der Waals surface area (Å²) in [6.45, 7) is 4.63. The van der Waals surface area contributed by atoms with Gasteiger partial charge in [0.15, 0.2) is 0 Å². The van der Waals surface area contributed by atoms with E-state index >= 15 is 0 Å². The number of hydrogen-bond acceptors (Lipinski definition) is 5. The fourth-order valence-electron chi connectivity index (χ4n) is 2.87. The summed E-state index contributed by atoms with van der Waals surface area (Å²) in [5.74, 6) is -2.08. The second-order valence-electron chi connectivity index (χ2n) is 6.95. The van der Waals surface area contributed by atoms with E-state index in [4.69, 9.17) is 5.11 Å². The molecule has 1 rings (SSSR count). The first-order chi connectivity index (χ1) is 12.2. The quantitative estimate of drug-likeness (QED) is 0.347. The molecule has 0 spiro atoms. The molecule has 5 N–H and O–H groups in total. The normalized spacial score (nSPS) is 18.8. The molecule has 0 unspecified atom stereocenters. The van der Waals surface area contributed by atoms with Gasteiger partial charge in [0.2, 0.25) is 17.7 Å². The molecule has 3 amide bonds. The van der Waals surface area contributed by atoms with Crippen molar-refractivity contribution in [3.63, 3.8) is 0 Å². The number of carboxylic acid groups (broad SMARTS) is 1. The van der Waals surface area contributed by atoms with Crippen LogP contribution in [0.15, 0.2) is 0 Å². The summed E-state index contributed by atoms with van der Waals surface area (Å²) in [6, 6.07) is -2.04. The summed E-state index contributed by atoms with van der Waals surface area (Å²) in [7, 11) is 1.42. The van der Waals surface area contributed by atoms with Crippen LogP contribution in [0.1, 0.15) is 46.0 Å². The number of carboxylic acids is 1. The molecule has 0 aliphatic carbocycles. The minimum absolute atomic E-state index is 0.0206. The summed E-state index contributed by atoms with van der Waals surface area (Å²) < 4.78 is 0.